The van der Waals surface area contributed by atoms with Crippen molar-refractivity contribution in [2.24, 2.45) is 0 Å². The zero-order valence-electron chi connectivity index (χ0n) is 64.1. The fourth-order valence-electron chi connectivity index (χ4n) is 13.8. The SMILES string of the molecule is CCCCCCCCCCC/C=C/CC/C=C/C(O)C(COC1OC(CO)C(O)C(O)C1O)NC(=O)CCCCCCCCCCCCCCCCCCC/C=C\CCCCCCCCCCCCCCCCCCCCOC(=O)CCCCCCCCCCCCCCCCC. The number of allylic oxidation sites excluding steroid dienone is 5. The van der Waals surface area contributed by atoms with E-state index in [1.54, 1.807) is 6.08 Å². The van der Waals surface area contributed by atoms with E-state index in [0.717, 1.165) is 51.4 Å². The Labute approximate surface area is 600 Å². The standard InChI is InChI=1S/C86H163NO10/c1-3-5-7-9-11-13-15-17-44-48-52-56-60-64-68-72-79(89)78(77-96-86-85(94)84(93)83(92)80(76-88)97-86)87-81(90)73-69-65-61-57-53-49-46-42-40-38-36-34-32-30-28-26-24-22-20-19-21-23-25-27-29-31-33-35-37-39-41-43-47-51-55-59-63-67-71-75-95-82(91)74-70-66-62-58-54-50-45-18-16-14-12-10-8-6-4-2/h19-20,52,56,68,72,78-80,83-86,88-89,92-94H,3-18,21-51,53-55,57-67,69-71,73-77H2,1-2H3,(H,87,90)/b20-19-,56-52+,72-68+. The zero-order valence-corrected chi connectivity index (χ0v) is 64.1. The zero-order chi connectivity index (χ0) is 70.1. The van der Waals surface area contributed by atoms with Crippen LogP contribution in [0.15, 0.2) is 36.5 Å². The van der Waals surface area contributed by atoms with Gasteiger partial charge in [-0.1, -0.05) is 391 Å². The number of aliphatic hydroxyl groups is 5. The molecule has 1 fully saturated rings. The first-order chi connectivity index (χ1) is 47.7. The minimum atomic E-state index is -1.57. The molecule has 1 heterocycles. The Bertz CT molecular complexity index is 1710. The Morgan fingerprint density at radius 2 is 0.670 bits per heavy atom. The van der Waals surface area contributed by atoms with Gasteiger partial charge in [0.2, 0.25) is 5.91 Å². The van der Waals surface area contributed by atoms with Gasteiger partial charge >= 0.3 is 5.97 Å². The first-order valence-electron chi connectivity index (χ1n) is 42.8. The van der Waals surface area contributed by atoms with Crippen LogP contribution in [0.5, 0.6) is 0 Å². The number of carbonyl (C=O) groups excluding carboxylic acids is 2. The number of rotatable bonds is 77. The van der Waals surface area contributed by atoms with Crippen molar-refractivity contribution in [1.82, 2.24) is 5.32 Å². The number of carbonyl (C=O) groups is 2. The van der Waals surface area contributed by atoms with Gasteiger partial charge < -0.3 is 45.1 Å². The van der Waals surface area contributed by atoms with Gasteiger partial charge in [-0.05, 0) is 70.6 Å². The van der Waals surface area contributed by atoms with E-state index in [-0.39, 0.29) is 18.5 Å². The van der Waals surface area contributed by atoms with Crippen LogP contribution < -0.4 is 5.32 Å². The monoisotopic (exact) mass is 1370 g/mol. The molecule has 0 aromatic rings. The van der Waals surface area contributed by atoms with E-state index < -0.39 is 49.5 Å². The summed E-state index contributed by atoms with van der Waals surface area (Å²) in [4.78, 5) is 25.2. The van der Waals surface area contributed by atoms with E-state index in [0.29, 0.717) is 19.4 Å². The van der Waals surface area contributed by atoms with Crippen LogP contribution in [-0.4, -0.2) is 100 Å². The highest BCUT2D eigenvalue weighted by Gasteiger charge is 2.44. The van der Waals surface area contributed by atoms with Crippen molar-refractivity contribution >= 4 is 11.9 Å². The fraction of sp³-hybridized carbons (Fsp3) is 0.907. The van der Waals surface area contributed by atoms with E-state index in [2.05, 4.69) is 43.5 Å². The Morgan fingerprint density at radius 3 is 1.02 bits per heavy atom. The normalized spacial score (nSPS) is 17.4. The van der Waals surface area contributed by atoms with E-state index in [4.69, 9.17) is 14.2 Å². The molecule has 0 bridgehead atoms. The van der Waals surface area contributed by atoms with Crippen LogP contribution in [0.3, 0.4) is 0 Å². The molecule has 1 amide bonds. The Kier molecular flexibility index (Phi) is 71.9. The lowest BCUT2D eigenvalue weighted by Crippen LogP contribution is -2.60. The summed E-state index contributed by atoms with van der Waals surface area (Å²) in [6.07, 6.45) is 89.1. The molecule has 0 radical (unpaired) electrons. The molecule has 1 aliphatic heterocycles. The van der Waals surface area contributed by atoms with E-state index >= 15 is 0 Å². The van der Waals surface area contributed by atoms with Gasteiger partial charge in [0.15, 0.2) is 6.29 Å². The van der Waals surface area contributed by atoms with Crippen LogP contribution >= 0.6 is 0 Å². The van der Waals surface area contributed by atoms with Gasteiger partial charge in [0.1, 0.15) is 24.4 Å². The van der Waals surface area contributed by atoms with E-state index in [1.807, 2.05) is 6.08 Å². The molecular formula is C86H163NO10. The number of hydrogen-bond acceptors (Lipinski definition) is 10. The van der Waals surface area contributed by atoms with Crippen LogP contribution in [0.2, 0.25) is 0 Å². The minimum absolute atomic E-state index is 0.0204. The van der Waals surface area contributed by atoms with Gasteiger partial charge in [0.25, 0.3) is 0 Å². The number of esters is 1. The second-order valence-corrected chi connectivity index (χ2v) is 29.9. The Hall–Kier alpha value is -2.12. The summed E-state index contributed by atoms with van der Waals surface area (Å²) in [5.74, 6) is -0.164. The quantitative estimate of drug-likeness (QED) is 0.0195. The highest BCUT2D eigenvalue weighted by atomic mass is 16.7. The van der Waals surface area contributed by atoms with Crippen molar-refractivity contribution in [3.05, 3.63) is 36.5 Å². The summed E-state index contributed by atoms with van der Waals surface area (Å²) in [5.41, 5.74) is 0. The Morgan fingerprint density at radius 1 is 0.371 bits per heavy atom. The molecule has 0 aliphatic carbocycles. The lowest BCUT2D eigenvalue weighted by atomic mass is 9.99. The summed E-state index contributed by atoms with van der Waals surface area (Å²) in [6.45, 7) is 4.40. The number of nitrogens with one attached hydrogen (secondary N) is 1. The summed E-state index contributed by atoms with van der Waals surface area (Å²) >= 11 is 0. The summed E-state index contributed by atoms with van der Waals surface area (Å²) in [7, 11) is 0. The molecule has 1 aliphatic rings. The Balaban J connectivity index is 1.89. The molecule has 11 nitrogen and oxygen atoms in total. The molecule has 7 unspecified atom stereocenters. The van der Waals surface area contributed by atoms with E-state index in [1.165, 1.54) is 360 Å². The molecule has 97 heavy (non-hydrogen) atoms. The third-order valence-electron chi connectivity index (χ3n) is 20.5. The number of amides is 1. The van der Waals surface area contributed by atoms with Crippen LogP contribution in [0.25, 0.3) is 0 Å². The van der Waals surface area contributed by atoms with Crippen LogP contribution in [0.4, 0.5) is 0 Å². The maximum atomic E-state index is 13.1. The molecule has 1 rings (SSSR count). The molecule has 1 saturated heterocycles. The van der Waals surface area contributed by atoms with Crippen molar-refractivity contribution in [2.45, 2.75) is 480 Å². The number of aliphatic hydroxyl groups excluding tert-OH is 5. The van der Waals surface area contributed by atoms with E-state index in [9.17, 15) is 35.1 Å². The van der Waals surface area contributed by atoms with Crippen LogP contribution in [0.1, 0.15) is 438 Å². The number of unbranched alkanes of at least 4 members (excludes halogenated alkanes) is 59. The third kappa shape index (κ3) is 63.3. The molecule has 0 spiro atoms. The van der Waals surface area contributed by atoms with Gasteiger partial charge in [-0.3, -0.25) is 9.59 Å². The van der Waals surface area contributed by atoms with Crippen molar-refractivity contribution < 1.29 is 49.3 Å². The molecule has 0 aromatic heterocycles. The van der Waals surface area contributed by atoms with Crippen LogP contribution in [-0.2, 0) is 23.8 Å². The molecule has 0 aromatic carbocycles. The third-order valence-corrected chi connectivity index (χ3v) is 20.5. The number of ether oxygens (including phenoxy) is 3. The maximum absolute atomic E-state index is 13.1. The molecule has 11 heteroatoms. The van der Waals surface area contributed by atoms with Crippen molar-refractivity contribution in [3.63, 3.8) is 0 Å². The van der Waals surface area contributed by atoms with Crippen LogP contribution in [0, 0.1) is 0 Å². The average Bonchev–Trinajstić information content (AvgIpc) is 0.839. The fourth-order valence-corrected chi connectivity index (χ4v) is 13.8. The molecule has 572 valence electrons. The summed E-state index contributed by atoms with van der Waals surface area (Å²) < 4.78 is 16.8. The van der Waals surface area contributed by atoms with Gasteiger partial charge in [-0.25, -0.2) is 0 Å². The highest BCUT2D eigenvalue weighted by Crippen LogP contribution is 2.24. The lowest BCUT2D eigenvalue weighted by Gasteiger charge is -2.40. The summed E-state index contributed by atoms with van der Waals surface area (Å²) in [5, 5.41) is 54.6. The second kappa shape index (κ2) is 75.1. The van der Waals surface area contributed by atoms with Gasteiger partial charge in [-0.15, -0.1) is 0 Å². The van der Waals surface area contributed by atoms with Gasteiger partial charge in [0, 0.05) is 12.8 Å². The molecule has 7 atom stereocenters. The average molecular weight is 1370 g/mol. The first-order valence-corrected chi connectivity index (χ1v) is 42.8. The lowest BCUT2D eigenvalue weighted by molar-refractivity contribution is -0.302. The van der Waals surface area contributed by atoms with Crippen molar-refractivity contribution in [3.8, 4) is 0 Å². The highest BCUT2D eigenvalue weighted by molar-refractivity contribution is 5.76. The smallest absolute Gasteiger partial charge is 0.305 e. The minimum Gasteiger partial charge on any atom is -0.466 e. The predicted octanol–water partition coefficient (Wildman–Crippen LogP) is 23.6. The van der Waals surface area contributed by atoms with Gasteiger partial charge in [-0.2, -0.15) is 0 Å². The molecule has 6 N–H and O–H groups in total. The predicted molar refractivity (Wildman–Crippen MR) is 412 cm³/mol. The van der Waals surface area contributed by atoms with Crippen molar-refractivity contribution in [1.29, 1.82) is 0 Å². The molecular weight excluding hydrogens is 1210 g/mol. The molecule has 0 saturated carbocycles. The maximum Gasteiger partial charge on any atom is 0.305 e. The largest absolute Gasteiger partial charge is 0.466 e. The number of hydrogen-bond donors (Lipinski definition) is 6. The van der Waals surface area contributed by atoms with Gasteiger partial charge in [0.05, 0.1) is 32.0 Å². The van der Waals surface area contributed by atoms with Crippen molar-refractivity contribution in [2.75, 3.05) is 19.8 Å². The topological polar surface area (TPSA) is 175 Å². The first kappa shape index (κ1) is 92.9. The summed E-state index contributed by atoms with van der Waals surface area (Å²) in [6, 6.07) is -0.825. The second-order valence-electron chi connectivity index (χ2n) is 29.9.